The molecule has 7 heteroatoms. The summed E-state index contributed by atoms with van der Waals surface area (Å²) in [5.41, 5.74) is 2.02. The molecule has 167 valence electrons. The number of ether oxygens (including phenoxy) is 1. The van der Waals surface area contributed by atoms with E-state index in [0.717, 1.165) is 33.2 Å². The minimum Gasteiger partial charge on any atom is -1.00 e. The van der Waals surface area contributed by atoms with Crippen LogP contribution in [0.15, 0.2) is 30.3 Å². The third-order valence-corrected chi connectivity index (χ3v) is 5.23. The van der Waals surface area contributed by atoms with Crippen molar-refractivity contribution in [1.82, 2.24) is 0 Å². The first-order valence-electron chi connectivity index (χ1n) is 10.0. The Kier molecular flexibility index (Phi) is 11.0. The minimum absolute atomic E-state index is 0. The first kappa shape index (κ1) is 30.1. The van der Waals surface area contributed by atoms with Crippen LogP contribution in [0.2, 0.25) is 19.6 Å². The molecule has 2 aromatic rings. The molecule has 0 heterocycles. The molecule has 0 saturated carbocycles. The Bertz CT molecular complexity index is 1120. The first-order chi connectivity index (χ1) is 13.0. The fraction of sp³-hybridized carbons (Fsp3) is 0.417. The Morgan fingerprint density at radius 3 is 2.23 bits per heavy atom. The molecule has 2 aromatic carbocycles. The zero-order chi connectivity index (χ0) is 20.7. The molecule has 0 aliphatic heterocycles. The van der Waals surface area contributed by atoms with Crippen molar-refractivity contribution in [3.63, 3.8) is 0 Å². The van der Waals surface area contributed by atoms with Gasteiger partial charge in [0.05, 0.1) is 12.4 Å². The summed E-state index contributed by atoms with van der Waals surface area (Å²) in [4.78, 5) is 0. The van der Waals surface area contributed by atoms with Crippen LogP contribution in [0, 0.1) is 10.4 Å². The second-order valence-corrected chi connectivity index (χ2v) is 13.7. The van der Waals surface area contributed by atoms with Gasteiger partial charge in [-0.1, -0.05) is 29.8 Å². The second-order valence-electron chi connectivity index (χ2n) is 9.30. The van der Waals surface area contributed by atoms with Crippen molar-refractivity contribution in [2.45, 2.75) is 59.8 Å². The van der Waals surface area contributed by atoms with Crippen LogP contribution in [0.3, 0.4) is 0 Å². The van der Waals surface area contributed by atoms with Crippen molar-refractivity contribution >= 4 is 25.8 Å². The van der Waals surface area contributed by atoms with Gasteiger partial charge in [0.25, 0.3) is 0 Å². The molecular formula is C24H32Cl2NO2SiTi. The molecule has 0 unspecified atom stereocenters. The second kappa shape index (κ2) is 11.3. The molecule has 3 nitrogen and oxygen atoms in total. The maximum atomic E-state index is 6.57. The van der Waals surface area contributed by atoms with E-state index in [9.17, 15) is 0 Å². The number of rotatable bonds is 5. The number of halogens is 2. The van der Waals surface area contributed by atoms with Gasteiger partial charge in [0, 0.05) is 10.8 Å². The normalized spacial score (nSPS) is 12.6. The molecule has 0 aromatic heterocycles. The predicted octanol–water partition coefficient (Wildman–Crippen LogP) is -1.41. The molecule has 1 N–H and O–H groups in total. The zero-order valence-electron chi connectivity index (χ0n) is 19.7. The Labute approximate surface area is 214 Å². The van der Waals surface area contributed by atoms with E-state index in [-0.39, 0.29) is 52.1 Å². The molecule has 0 spiro atoms. The molecule has 0 fully saturated rings. The summed E-state index contributed by atoms with van der Waals surface area (Å²) in [6.07, 6.45) is 3.62. The van der Waals surface area contributed by atoms with E-state index in [1.807, 2.05) is 13.8 Å². The zero-order valence-corrected chi connectivity index (χ0v) is 23.7. The van der Waals surface area contributed by atoms with Crippen molar-refractivity contribution in [1.29, 1.82) is 0 Å². The van der Waals surface area contributed by atoms with Gasteiger partial charge in [-0.15, -0.1) is 27.8 Å². The Hall–Kier alpha value is -0.909. The van der Waals surface area contributed by atoms with E-state index in [1.165, 1.54) is 10.4 Å². The molecule has 3 rings (SSSR count). The number of hydrogen-bond acceptors (Lipinski definition) is 3. The van der Waals surface area contributed by atoms with Crippen molar-refractivity contribution in [2.75, 3.05) is 11.9 Å². The van der Waals surface area contributed by atoms with E-state index in [0.29, 0.717) is 6.61 Å². The van der Waals surface area contributed by atoms with E-state index in [4.69, 9.17) is 9.16 Å². The summed E-state index contributed by atoms with van der Waals surface area (Å²) < 4.78 is 12.5. The van der Waals surface area contributed by atoms with Gasteiger partial charge < -0.3 is 39.3 Å². The van der Waals surface area contributed by atoms with E-state index in [2.05, 4.69) is 82.1 Å². The summed E-state index contributed by atoms with van der Waals surface area (Å²) >= 11 is 0. The average Bonchev–Trinajstić information content (AvgIpc) is 2.91. The molecule has 1 radical (unpaired) electrons. The number of nitrogens with one attached hydrogen (secondary N) is 1. The van der Waals surface area contributed by atoms with Crippen LogP contribution in [0.1, 0.15) is 40.2 Å². The number of benzene rings is 2. The van der Waals surface area contributed by atoms with Crippen LogP contribution < -0.4 is 45.0 Å². The molecule has 1 aliphatic rings. The van der Waals surface area contributed by atoms with Crippen LogP contribution in [0.4, 0.5) is 5.69 Å². The van der Waals surface area contributed by atoms with Gasteiger partial charge in [0.15, 0.2) is 0 Å². The summed E-state index contributed by atoms with van der Waals surface area (Å²) in [7, 11) is -1.82. The Morgan fingerprint density at radius 1 is 1.06 bits per heavy atom. The molecule has 0 saturated heterocycles. The number of hydrogen-bond donors (Lipinski definition) is 1. The van der Waals surface area contributed by atoms with Gasteiger partial charge >= 0.3 is 21.7 Å². The van der Waals surface area contributed by atoms with Gasteiger partial charge in [-0.2, -0.15) is 0 Å². The molecule has 31 heavy (non-hydrogen) atoms. The summed E-state index contributed by atoms with van der Waals surface area (Å²) in [5, 5.41) is 8.23. The van der Waals surface area contributed by atoms with E-state index in [1.54, 1.807) is 0 Å². The van der Waals surface area contributed by atoms with E-state index >= 15 is 0 Å². The Morgan fingerprint density at radius 2 is 1.68 bits per heavy atom. The Balaban J connectivity index is 0.00000300. The van der Waals surface area contributed by atoms with Crippen molar-refractivity contribution < 1.29 is 55.7 Å². The van der Waals surface area contributed by atoms with Crippen molar-refractivity contribution in [3.8, 4) is 5.75 Å². The molecule has 1 aliphatic carbocycles. The summed E-state index contributed by atoms with van der Waals surface area (Å²) in [5.74, 6) is 1.78. The maximum absolute atomic E-state index is 6.57. The van der Waals surface area contributed by atoms with E-state index < -0.39 is 8.32 Å². The van der Waals surface area contributed by atoms with Crippen LogP contribution in [0.5, 0.6) is 5.75 Å². The van der Waals surface area contributed by atoms with Gasteiger partial charge in [0.2, 0.25) is 8.32 Å². The largest absolute Gasteiger partial charge is 3.00 e. The van der Waals surface area contributed by atoms with Crippen LogP contribution in [-0.4, -0.2) is 20.5 Å². The minimum atomic E-state index is -1.82. The van der Waals surface area contributed by atoms with Crippen LogP contribution in [0.25, 0.3) is 11.8 Å². The molecular weight excluding hydrogens is 481 g/mol. The maximum Gasteiger partial charge on any atom is 3.00 e. The van der Waals surface area contributed by atoms with Gasteiger partial charge in [-0.3, -0.25) is 0 Å². The fourth-order valence-electron chi connectivity index (χ4n) is 3.51. The number of fused-ring (bicyclic) bond motifs is 2. The van der Waals surface area contributed by atoms with Gasteiger partial charge in [0.1, 0.15) is 5.75 Å². The van der Waals surface area contributed by atoms with Crippen molar-refractivity contribution in [2.24, 2.45) is 0 Å². The van der Waals surface area contributed by atoms with Gasteiger partial charge in [-0.05, 0) is 59.9 Å². The monoisotopic (exact) mass is 512 g/mol. The van der Waals surface area contributed by atoms with Crippen molar-refractivity contribution in [3.05, 3.63) is 56.8 Å². The third-order valence-electron chi connectivity index (χ3n) is 4.40. The molecule has 0 atom stereocenters. The summed E-state index contributed by atoms with van der Waals surface area (Å²) in [6, 6.07) is 10.6. The summed E-state index contributed by atoms with van der Waals surface area (Å²) in [6.45, 7) is 17.8. The fourth-order valence-corrected chi connectivity index (χ4v) is 4.33. The van der Waals surface area contributed by atoms with Crippen LogP contribution >= 0.6 is 0 Å². The SMILES string of the molecule is CCOC(C)=c1c(O[Si](C)(C)C)cc2c(c1NC(C)(C)C)[C-]=c1ccccc1=2.[Cl-].[Cl-].[Ti+3]. The quantitative estimate of drug-likeness (QED) is 0.336. The average molecular weight is 513 g/mol. The van der Waals surface area contributed by atoms with Gasteiger partial charge in [-0.25, -0.2) is 0 Å². The first-order valence-corrected chi connectivity index (χ1v) is 13.4. The van der Waals surface area contributed by atoms with Crippen LogP contribution in [-0.2, 0) is 26.5 Å². The molecule has 0 amide bonds. The smallest absolute Gasteiger partial charge is 1.00 e. The predicted molar refractivity (Wildman–Crippen MR) is 120 cm³/mol. The number of anilines is 1. The third kappa shape index (κ3) is 7.03. The topological polar surface area (TPSA) is 30.5 Å². The standard InChI is InChI=1S/C24H32NO2Si.2ClH.Ti/c1-9-26-16(2)22-21(27-28(6,7)8)15-19-18-13-11-10-12-17(18)14-20(19)23(22)25-24(3,4)5;;;/h10-13,15,25H,9H2,1-8H3;2*1H;/q-1;;;+3/p-2. The molecule has 0 bridgehead atoms.